The van der Waals surface area contributed by atoms with Gasteiger partial charge >= 0.3 is 0 Å². The molecule has 0 spiro atoms. The van der Waals surface area contributed by atoms with E-state index in [1.165, 1.54) is 0 Å². The van der Waals surface area contributed by atoms with E-state index in [1.807, 2.05) is 24.3 Å². The molecule has 3 aromatic rings. The van der Waals surface area contributed by atoms with Crippen molar-refractivity contribution in [1.29, 1.82) is 0 Å². The number of nitrogens with two attached hydrogens (primary N) is 1. The number of anilines is 1. The van der Waals surface area contributed by atoms with Crippen LogP contribution in [0.2, 0.25) is 0 Å². The van der Waals surface area contributed by atoms with Gasteiger partial charge in [-0.05, 0) is 61.9 Å². The molecule has 2 heterocycles. The molecule has 170 valence electrons. The Balaban J connectivity index is 1.31. The Labute approximate surface area is 187 Å². The molecule has 32 heavy (non-hydrogen) atoms. The van der Waals surface area contributed by atoms with Crippen LogP contribution in [0.1, 0.15) is 31.2 Å². The van der Waals surface area contributed by atoms with E-state index < -0.39 is 20.5 Å². The molecule has 9 heteroatoms. The second-order valence-corrected chi connectivity index (χ2v) is 10.2. The summed E-state index contributed by atoms with van der Waals surface area (Å²) in [6.45, 7) is 1.14. The number of hydrogen-bond donors (Lipinski definition) is 2. The van der Waals surface area contributed by atoms with E-state index in [-0.39, 0.29) is 31.0 Å². The number of carbonyl (C=O) groups is 1. The van der Waals surface area contributed by atoms with Gasteiger partial charge in [-0.2, -0.15) is 4.98 Å². The summed E-state index contributed by atoms with van der Waals surface area (Å²) in [4.78, 5) is 16.6. The minimum Gasteiger partial charge on any atom is -0.424 e. The molecular formula is C23H27N3O5S. The zero-order chi connectivity index (χ0) is 22.6. The fourth-order valence-corrected chi connectivity index (χ4v) is 5.92. The molecule has 1 saturated heterocycles. The van der Waals surface area contributed by atoms with Crippen LogP contribution in [-0.2, 0) is 25.8 Å². The van der Waals surface area contributed by atoms with Crippen molar-refractivity contribution in [2.75, 3.05) is 25.1 Å². The van der Waals surface area contributed by atoms with Gasteiger partial charge in [0, 0.05) is 19.8 Å². The van der Waals surface area contributed by atoms with E-state index in [0.717, 1.165) is 42.5 Å². The number of primary amides is 1. The number of fused-ring (bicyclic) bond motifs is 1. The Bertz CT molecular complexity index is 1150. The fourth-order valence-electron chi connectivity index (χ4n) is 4.01. The van der Waals surface area contributed by atoms with E-state index in [0.29, 0.717) is 6.01 Å². The Morgan fingerprint density at radius 2 is 1.78 bits per heavy atom. The largest absolute Gasteiger partial charge is 0.424 e. The first kappa shape index (κ1) is 22.3. The van der Waals surface area contributed by atoms with Crippen molar-refractivity contribution in [3.8, 4) is 0 Å². The number of sulfone groups is 1. The highest BCUT2D eigenvalue weighted by Gasteiger charge is 2.50. The summed E-state index contributed by atoms with van der Waals surface area (Å²) >= 11 is 0. The first-order valence-electron chi connectivity index (χ1n) is 10.7. The first-order valence-corrected chi connectivity index (χ1v) is 12.2. The van der Waals surface area contributed by atoms with Crippen LogP contribution in [0.25, 0.3) is 11.1 Å². The average molecular weight is 458 g/mol. The lowest BCUT2D eigenvalue weighted by Crippen LogP contribution is -2.53. The fraction of sp³-hybridized carbons (Fsp3) is 0.391. The highest BCUT2D eigenvalue weighted by Crippen LogP contribution is 2.35. The number of oxazole rings is 1. The number of unbranched alkanes of at least 4 members (excludes halogenated alkanes) is 1. The number of aromatic nitrogens is 1. The van der Waals surface area contributed by atoms with Crippen LogP contribution in [0.15, 0.2) is 57.8 Å². The Hall–Kier alpha value is -2.91. The van der Waals surface area contributed by atoms with Crippen molar-refractivity contribution in [1.82, 2.24) is 4.98 Å². The van der Waals surface area contributed by atoms with Crippen LogP contribution in [-0.4, -0.2) is 43.8 Å². The van der Waals surface area contributed by atoms with E-state index in [2.05, 4.69) is 10.3 Å². The molecule has 0 saturated carbocycles. The van der Waals surface area contributed by atoms with E-state index in [9.17, 15) is 13.2 Å². The molecular weight excluding hydrogens is 430 g/mol. The van der Waals surface area contributed by atoms with Gasteiger partial charge in [0.2, 0.25) is 5.91 Å². The Kier molecular flexibility index (Phi) is 6.48. The number of nitrogens with one attached hydrogen (secondary N) is 1. The molecule has 1 aromatic heterocycles. The third kappa shape index (κ3) is 4.35. The molecule has 1 fully saturated rings. The van der Waals surface area contributed by atoms with Crippen molar-refractivity contribution < 1.29 is 22.4 Å². The number of ether oxygens (including phenoxy) is 1. The lowest BCUT2D eigenvalue weighted by atomic mass is 9.98. The highest BCUT2D eigenvalue weighted by atomic mass is 32.2. The smallest absolute Gasteiger partial charge is 0.295 e. The molecule has 1 aliphatic rings. The number of rotatable bonds is 9. The number of aryl methyl sites for hydroxylation is 1. The van der Waals surface area contributed by atoms with E-state index >= 15 is 0 Å². The van der Waals surface area contributed by atoms with Gasteiger partial charge in [0.05, 0.1) is 4.90 Å². The van der Waals surface area contributed by atoms with Gasteiger partial charge in [0.1, 0.15) is 5.52 Å². The summed E-state index contributed by atoms with van der Waals surface area (Å²) in [5, 5.41) is 3.19. The Morgan fingerprint density at radius 3 is 2.47 bits per heavy atom. The van der Waals surface area contributed by atoms with Gasteiger partial charge < -0.3 is 20.2 Å². The average Bonchev–Trinajstić information content (AvgIpc) is 3.22. The topological polar surface area (TPSA) is 125 Å². The Morgan fingerprint density at radius 1 is 1.06 bits per heavy atom. The molecule has 4 rings (SSSR count). The summed E-state index contributed by atoms with van der Waals surface area (Å²) in [6, 6.07) is 14.9. The molecule has 8 nitrogen and oxygen atoms in total. The van der Waals surface area contributed by atoms with Crippen molar-refractivity contribution >= 4 is 32.9 Å². The molecule has 0 radical (unpaired) electrons. The quantitative estimate of drug-likeness (QED) is 0.473. The van der Waals surface area contributed by atoms with Crippen molar-refractivity contribution in [2.45, 2.75) is 41.7 Å². The van der Waals surface area contributed by atoms with Gasteiger partial charge in [-0.15, -0.1) is 0 Å². The van der Waals surface area contributed by atoms with Crippen LogP contribution >= 0.6 is 0 Å². The molecule has 3 N–H and O–H groups in total. The van der Waals surface area contributed by atoms with Crippen LogP contribution < -0.4 is 11.1 Å². The maximum Gasteiger partial charge on any atom is 0.295 e. The third-order valence-corrected chi connectivity index (χ3v) is 8.49. The standard InChI is InChI=1S/C23H27N3O5S/c24-21(27)23(12-15-30-16-13-23)32(28,29)18-10-8-17(9-11-18)5-3-4-14-25-22-26-19-6-1-2-7-20(19)31-22/h1-2,6-11H,3-5,12-16H2,(H2,24,27)(H,25,26). The van der Waals surface area contributed by atoms with Crippen LogP contribution in [0.3, 0.4) is 0 Å². The summed E-state index contributed by atoms with van der Waals surface area (Å²) in [5.41, 5.74) is 8.13. The minimum absolute atomic E-state index is 0.0828. The number of carbonyl (C=O) groups excluding carboxylic acids is 1. The van der Waals surface area contributed by atoms with Crippen molar-refractivity contribution in [3.63, 3.8) is 0 Å². The molecule has 0 atom stereocenters. The molecule has 2 aromatic carbocycles. The van der Waals surface area contributed by atoms with Crippen LogP contribution in [0.4, 0.5) is 6.01 Å². The molecule has 1 aliphatic heterocycles. The maximum absolute atomic E-state index is 13.2. The first-order chi connectivity index (χ1) is 15.4. The lowest BCUT2D eigenvalue weighted by Gasteiger charge is -2.33. The van der Waals surface area contributed by atoms with Crippen molar-refractivity contribution in [2.24, 2.45) is 5.73 Å². The molecule has 0 bridgehead atoms. The summed E-state index contributed by atoms with van der Waals surface area (Å²) in [6.07, 6.45) is 2.80. The molecule has 0 aliphatic carbocycles. The van der Waals surface area contributed by atoms with Crippen LogP contribution in [0, 0.1) is 0 Å². The van der Waals surface area contributed by atoms with Crippen LogP contribution in [0.5, 0.6) is 0 Å². The number of amides is 1. The summed E-state index contributed by atoms with van der Waals surface area (Å²) in [5.74, 6) is -0.809. The predicted octanol–water partition coefficient (Wildman–Crippen LogP) is 3.07. The minimum atomic E-state index is -3.89. The normalized spacial score (nSPS) is 16.1. The van der Waals surface area contributed by atoms with E-state index in [4.69, 9.17) is 14.9 Å². The molecule has 1 amide bonds. The highest BCUT2D eigenvalue weighted by molar-refractivity contribution is 7.93. The maximum atomic E-state index is 13.2. The van der Waals surface area contributed by atoms with Crippen molar-refractivity contribution in [3.05, 3.63) is 54.1 Å². The zero-order valence-electron chi connectivity index (χ0n) is 17.7. The number of hydrogen-bond acceptors (Lipinski definition) is 7. The SMILES string of the molecule is NC(=O)C1(S(=O)(=O)c2ccc(CCCCNc3nc4ccccc4o3)cc2)CCOCC1. The monoisotopic (exact) mass is 457 g/mol. The second-order valence-electron chi connectivity index (χ2n) is 7.99. The van der Waals surface area contributed by atoms with Gasteiger partial charge in [0.15, 0.2) is 20.2 Å². The van der Waals surface area contributed by atoms with Gasteiger partial charge in [0.25, 0.3) is 6.01 Å². The van der Waals surface area contributed by atoms with Gasteiger partial charge in [-0.1, -0.05) is 24.3 Å². The lowest BCUT2D eigenvalue weighted by molar-refractivity contribution is -0.122. The third-order valence-electron chi connectivity index (χ3n) is 5.96. The molecule has 0 unspecified atom stereocenters. The van der Waals surface area contributed by atoms with Gasteiger partial charge in [-0.3, -0.25) is 4.79 Å². The number of para-hydroxylation sites is 2. The van der Waals surface area contributed by atoms with Gasteiger partial charge in [-0.25, -0.2) is 8.42 Å². The summed E-state index contributed by atoms with van der Waals surface area (Å²) < 4.78 is 35.6. The van der Waals surface area contributed by atoms with E-state index in [1.54, 1.807) is 24.3 Å². The number of nitrogens with zero attached hydrogens (tertiary/aromatic N) is 1. The summed E-state index contributed by atoms with van der Waals surface area (Å²) in [7, 11) is -3.89. The zero-order valence-corrected chi connectivity index (χ0v) is 18.6. The predicted molar refractivity (Wildman–Crippen MR) is 121 cm³/mol. The second kappa shape index (κ2) is 9.30. The number of benzene rings is 2.